The van der Waals surface area contributed by atoms with Crippen LogP contribution in [0.1, 0.15) is 6.92 Å². The number of nitrogens with one attached hydrogen (secondary N) is 3. The van der Waals surface area contributed by atoms with Crippen molar-refractivity contribution in [3.63, 3.8) is 0 Å². The van der Waals surface area contributed by atoms with Gasteiger partial charge in [-0.3, -0.25) is 4.90 Å². The van der Waals surface area contributed by atoms with Crippen molar-refractivity contribution in [1.29, 1.82) is 0 Å². The zero-order valence-electron chi connectivity index (χ0n) is 11.2. The Morgan fingerprint density at radius 1 is 1.55 bits per heavy atom. The Labute approximate surface area is 117 Å². The fourth-order valence-corrected chi connectivity index (χ4v) is 1.91. The predicted molar refractivity (Wildman–Crippen MR) is 75.9 cm³/mol. The molecule has 0 saturated carbocycles. The molecule has 1 aliphatic heterocycles. The molecule has 4 amide bonds. The maximum Gasteiger partial charge on any atom is 0.321 e. The average molecular weight is 278 g/mol. The fourth-order valence-electron chi connectivity index (χ4n) is 1.91. The number of aliphatic hydroxyl groups excluding tert-OH is 1. The summed E-state index contributed by atoms with van der Waals surface area (Å²) in [5.74, 6) is 0. The SMILES string of the molecule is C[C@@H](CO)NC(=O)Nc1cccc(N2CCNC2=O)c1. The van der Waals surface area contributed by atoms with E-state index in [0.29, 0.717) is 18.8 Å². The molecule has 0 unspecified atom stereocenters. The van der Waals surface area contributed by atoms with Gasteiger partial charge in [-0.2, -0.15) is 0 Å². The van der Waals surface area contributed by atoms with Crippen molar-refractivity contribution >= 4 is 23.4 Å². The normalized spacial score (nSPS) is 15.7. The van der Waals surface area contributed by atoms with Crippen LogP contribution in [0.2, 0.25) is 0 Å². The monoisotopic (exact) mass is 278 g/mol. The first-order valence-corrected chi connectivity index (χ1v) is 6.44. The third kappa shape index (κ3) is 3.39. The molecule has 1 heterocycles. The first-order chi connectivity index (χ1) is 9.60. The van der Waals surface area contributed by atoms with Gasteiger partial charge in [0.05, 0.1) is 12.6 Å². The van der Waals surface area contributed by atoms with Crippen LogP contribution in [0.4, 0.5) is 21.0 Å². The van der Waals surface area contributed by atoms with Crippen molar-refractivity contribution in [1.82, 2.24) is 10.6 Å². The van der Waals surface area contributed by atoms with Gasteiger partial charge in [0.25, 0.3) is 0 Å². The standard InChI is InChI=1S/C13H18N4O3/c1-9(8-18)15-12(19)16-10-3-2-4-11(7-10)17-6-5-14-13(17)20/h2-4,7,9,18H,5-6,8H2,1H3,(H,14,20)(H2,15,16,19)/t9-/m0/s1. The van der Waals surface area contributed by atoms with Crippen LogP contribution in [0.15, 0.2) is 24.3 Å². The van der Waals surface area contributed by atoms with Crippen LogP contribution in [0.5, 0.6) is 0 Å². The number of hydrogen-bond acceptors (Lipinski definition) is 3. The van der Waals surface area contributed by atoms with Gasteiger partial charge in [-0.25, -0.2) is 9.59 Å². The van der Waals surface area contributed by atoms with Crippen LogP contribution in [0, 0.1) is 0 Å². The molecule has 1 fully saturated rings. The Kier molecular flexibility index (Phi) is 4.41. The predicted octanol–water partition coefficient (Wildman–Crippen LogP) is 0.718. The highest BCUT2D eigenvalue weighted by Crippen LogP contribution is 2.20. The molecule has 4 N–H and O–H groups in total. The molecular formula is C13H18N4O3. The number of carbonyl (C=O) groups is 2. The number of amides is 4. The summed E-state index contributed by atoms with van der Waals surface area (Å²) in [6, 6.07) is 6.20. The highest BCUT2D eigenvalue weighted by Gasteiger charge is 2.21. The van der Waals surface area contributed by atoms with Gasteiger partial charge in [0.1, 0.15) is 0 Å². The number of aliphatic hydroxyl groups is 1. The minimum absolute atomic E-state index is 0.124. The molecule has 20 heavy (non-hydrogen) atoms. The van der Waals surface area contributed by atoms with E-state index in [-0.39, 0.29) is 18.7 Å². The Hall–Kier alpha value is -2.28. The fraction of sp³-hybridized carbons (Fsp3) is 0.385. The molecule has 7 heteroatoms. The van der Waals surface area contributed by atoms with Crippen LogP contribution in [0.3, 0.4) is 0 Å². The summed E-state index contributed by atoms with van der Waals surface area (Å²) in [5, 5.41) is 16.8. The molecule has 0 bridgehead atoms. The van der Waals surface area contributed by atoms with E-state index in [9.17, 15) is 9.59 Å². The lowest BCUT2D eigenvalue weighted by molar-refractivity contribution is 0.229. The summed E-state index contributed by atoms with van der Waals surface area (Å²) < 4.78 is 0. The molecule has 0 aromatic heterocycles. The Balaban J connectivity index is 2.02. The maximum absolute atomic E-state index is 11.7. The van der Waals surface area contributed by atoms with E-state index in [0.717, 1.165) is 5.69 Å². The Bertz CT molecular complexity index is 506. The summed E-state index contributed by atoms with van der Waals surface area (Å²) in [6.45, 7) is 2.80. The van der Waals surface area contributed by atoms with Crippen molar-refractivity contribution in [2.24, 2.45) is 0 Å². The van der Waals surface area contributed by atoms with Crippen molar-refractivity contribution in [3.05, 3.63) is 24.3 Å². The zero-order valence-corrected chi connectivity index (χ0v) is 11.2. The smallest absolute Gasteiger partial charge is 0.321 e. The molecule has 0 spiro atoms. The number of hydrogen-bond donors (Lipinski definition) is 4. The maximum atomic E-state index is 11.7. The second-order valence-electron chi connectivity index (χ2n) is 4.62. The van der Waals surface area contributed by atoms with Crippen LogP contribution in [-0.4, -0.2) is 42.9 Å². The first-order valence-electron chi connectivity index (χ1n) is 6.44. The van der Waals surface area contributed by atoms with E-state index in [1.165, 1.54) is 0 Å². The summed E-state index contributed by atoms with van der Waals surface area (Å²) in [5.41, 5.74) is 1.32. The van der Waals surface area contributed by atoms with Crippen LogP contribution >= 0.6 is 0 Å². The number of nitrogens with zero attached hydrogens (tertiary/aromatic N) is 1. The quantitative estimate of drug-likeness (QED) is 0.653. The molecule has 1 aliphatic rings. The number of urea groups is 2. The lowest BCUT2D eigenvalue weighted by Crippen LogP contribution is -2.38. The summed E-state index contributed by atoms with van der Waals surface area (Å²) >= 11 is 0. The van der Waals surface area contributed by atoms with E-state index < -0.39 is 6.03 Å². The van der Waals surface area contributed by atoms with E-state index in [4.69, 9.17) is 5.11 Å². The molecule has 1 aromatic carbocycles. The lowest BCUT2D eigenvalue weighted by Gasteiger charge is -2.16. The largest absolute Gasteiger partial charge is 0.394 e. The van der Waals surface area contributed by atoms with Gasteiger partial charge >= 0.3 is 12.1 Å². The summed E-state index contributed by atoms with van der Waals surface area (Å²) in [6.07, 6.45) is 0. The van der Waals surface area contributed by atoms with Gasteiger partial charge in [0.2, 0.25) is 0 Å². The summed E-state index contributed by atoms with van der Waals surface area (Å²) in [4.78, 5) is 24.8. The van der Waals surface area contributed by atoms with Gasteiger partial charge in [-0.15, -0.1) is 0 Å². The average Bonchev–Trinajstić information content (AvgIpc) is 2.85. The summed E-state index contributed by atoms with van der Waals surface area (Å²) in [7, 11) is 0. The zero-order chi connectivity index (χ0) is 14.5. The van der Waals surface area contributed by atoms with E-state index in [1.54, 1.807) is 30.0 Å². The van der Waals surface area contributed by atoms with E-state index >= 15 is 0 Å². The van der Waals surface area contributed by atoms with E-state index in [2.05, 4.69) is 16.0 Å². The Morgan fingerprint density at radius 3 is 3.00 bits per heavy atom. The third-order valence-electron chi connectivity index (χ3n) is 2.92. The topological polar surface area (TPSA) is 93.7 Å². The van der Waals surface area contributed by atoms with E-state index in [1.807, 2.05) is 6.07 Å². The number of benzene rings is 1. The highest BCUT2D eigenvalue weighted by molar-refractivity contribution is 5.95. The molecule has 1 aromatic rings. The second-order valence-corrected chi connectivity index (χ2v) is 4.62. The number of rotatable bonds is 4. The van der Waals surface area contributed by atoms with Gasteiger partial charge in [-0.05, 0) is 25.1 Å². The highest BCUT2D eigenvalue weighted by atomic mass is 16.3. The van der Waals surface area contributed by atoms with Crippen LogP contribution in [0.25, 0.3) is 0 Å². The minimum Gasteiger partial charge on any atom is -0.394 e. The van der Waals surface area contributed by atoms with Crippen LogP contribution < -0.4 is 20.9 Å². The molecule has 0 aliphatic carbocycles. The Morgan fingerprint density at radius 2 is 2.35 bits per heavy atom. The molecular weight excluding hydrogens is 260 g/mol. The molecule has 2 rings (SSSR count). The van der Waals surface area contributed by atoms with Gasteiger partial charge in [0.15, 0.2) is 0 Å². The molecule has 108 valence electrons. The van der Waals surface area contributed by atoms with Crippen molar-refractivity contribution in [3.8, 4) is 0 Å². The van der Waals surface area contributed by atoms with Crippen molar-refractivity contribution in [2.45, 2.75) is 13.0 Å². The van der Waals surface area contributed by atoms with Gasteiger partial charge in [-0.1, -0.05) is 6.07 Å². The molecule has 0 radical (unpaired) electrons. The third-order valence-corrected chi connectivity index (χ3v) is 2.92. The molecule has 7 nitrogen and oxygen atoms in total. The van der Waals surface area contributed by atoms with Crippen LogP contribution in [-0.2, 0) is 0 Å². The van der Waals surface area contributed by atoms with Crippen molar-refractivity contribution < 1.29 is 14.7 Å². The van der Waals surface area contributed by atoms with Gasteiger partial charge in [0, 0.05) is 24.5 Å². The number of carbonyl (C=O) groups excluding carboxylic acids is 2. The minimum atomic E-state index is -0.394. The number of anilines is 2. The van der Waals surface area contributed by atoms with Crippen molar-refractivity contribution in [2.75, 3.05) is 29.9 Å². The lowest BCUT2D eigenvalue weighted by atomic mass is 10.2. The second kappa shape index (κ2) is 6.25. The molecule has 1 saturated heterocycles. The first kappa shape index (κ1) is 14.1. The van der Waals surface area contributed by atoms with Gasteiger partial charge < -0.3 is 21.1 Å². The molecule has 1 atom stereocenters.